The quantitative estimate of drug-likeness (QED) is 0.431. The van der Waals surface area contributed by atoms with Gasteiger partial charge in [-0.1, -0.05) is 23.2 Å². The average molecular weight is 449 g/mol. The molecule has 1 N–H and O–H groups in total. The molecular weight excluding hydrogens is 436 g/mol. The van der Waals surface area contributed by atoms with Gasteiger partial charge in [0.2, 0.25) is 0 Å². The minimum absolute atomic E-state index is 0.00626. The maximum atomic E-state index is 13.6. The lowest BCUT2D eigenvalue weighted by Gasteiger charge is -2.14. The number of hydrogen-bond donors (Lipinski definition) is 1. The number of ketones is 1. The molecule has 0 spiro atoms. The van der Waals surface area contributed by atoms with Gasteiger partial charge in [-0.15, -0.1) is 11.3 Å². The number of carbonyl (C=O) groups excluding carboxylic acids is 1. The summed E-state index contributed by atoms with van der Waals surface area (Å²) in [6.07, 6.45) is -1.82. The van der Waals surface area contributed by atoms with Crippen LogP contribution in [-0.2, 0) is 12.8 Å². The van der Waals surface area contributed by atoms with Crippen LogP contribution < -0.4 is 0 Å². The predicted molar refractivity (Wildman–Crippen MR) is 103 cm³/mol. The highest BCUT2D eigenvalue weighted by molar-refractivity contribution is 7.16. The third-order valence-electron chi connectivity index (χ3n) is 4.39. The van der Waals surface area contributed by atoms with Gasteiger partial charge in [-0.2, -0.15) is 13.2 Å². The van der Waals surface area contributed by atoms with Gasteiger partial charge in [-0.05, 0) is 66.6 Å². The minimum atomic E-state index is -4.82. The molecule has 1 heterocycles. The summed E-state index contributed by atoms with van der Waals surface area (Å²) in [5.41, 5.74) is -0.417. The fourth-order valence-electron chi connectivity index (χ4n) is 3.24. The SMILES string of the molecule is O=C(O)c1sc(C(=O)C=C(c2cc(Cl)cc(Cl)c2)C(F)(F)F)c2c1CCCC2. The number of carboxylic acids is 1. The Morgan fingerprint density at radius 3 is 2.04 bits per heavy atom. The number of rotatable bonds is 4. The molecule has 0 bridgehead atoms. The van der Waals surface area contributed by atoms with Crippen molar-refractivity contribution in [3.05, 3.63) is 60.8 Å². The summed E-state index contributed by atoms with van der Waals surface area (Å²) in [6.45, 7) is 0. The van der Waals surface area contributed by atoms with Gasteiger partial charge in [0, 0.05) is 10.0 Å². The Labute approximate surface area is 172 Å². The largest absolute Gasteiger partial charge is 0.477 e. The van der Waals surface area contributed by atoms with Crippen LogP contribution in [0.3, 0.4) is 0 Å². The lowest BCUT2D eigenvalue weighted by Crippen LogP contribution is -2.13. The Balaban J connectivity index is 2.12. The van der Waals surface area contributed by atoms with Crippen molar-refractivity contribution in [2.24, 2.45) is 0 Å². The van der Waals surface area contributed by atoms with Gasteiger partial charge < -0.3 is 5.11 Å². The molecule has 3 nitrogen and oxygen atoms in total. The standard InChI is InChI=1S/C19H13Cl2F3O3S/c20-10-5-9(6-11(21)7-10)14(19(22,23)24)8-15(25)16-12-3-1-2-4-13(12)17(28-16)18(26)27/h5-8H,1-4H2,(H,26,27). The zero-order chi connectivity index (χ0) is 20.6. The molecule has 0 amide bonds. The van der Waals surface area contributed by atoms with Gasteiger partial charge in [-0.3, -0.25) is 4.79 Å². The molecule has 0 atom stereocenters. The number of fused-ring (bicyclic) bond motifs is 1. The lowest BCUT2D eigenvalue weighted by atomic mass is 9.91. The van der Waals surface area contributed by atoms with Crippen LogP contribution in [0.15, 0.2) is 24.3 Å². The Morgan fingerprint density at radius 1 is 1.00 bits per heavy atom. The first kappa shape index (κ1) is 20.9. The van der Waals surface area contributed by atoms with Gasteiger partial charge in [0.05, 0.1) is 10.5 Å². The molecule has 9 heteroatoms. The van der Waals surface area contributed by atoms with E-state index in [1.807, 2.05) is 0 Å². The van der Waals surface area contributed by atoms with Crippen molar-refractivity contribution in [2.75, 3.05) is 0 Å². The Kier molecular flexibility index (Phi) is 5.89. The van der Waals surface area contributed by atoms with Gasteiger partial charge in [0.25, 0.3) is 0 Å². The zero-order valence-electron chi connectivity index (χ0n) is 14.2. The third-order valence-corrected chi connectivity index (χ3v) is 6.11. The summed E-state index contributed by atoms with van der Waals surface area (Å²) in [5, 5.41) is 9.37. The van der Waals surface area contributed by atoms with Gasteiger partial charge in [0.15, 0.2) is 5.78 Å². The van der Waals surface area contributed by atoms with E-state index in [9.17, 15) is 27.9 Å². The van der Waals surface area contributed by atoms with E-state index in [0.29, 0.717) is 30.0 Å². The smallest absolute Gasteiger partial charge is 0.417 e. The number of carbonyl (C=O) groups is 2. The van der Waals surface area contributed by atoms with Crippen LogP contribution >= 0.6 is 34.5 Å². The van der Waals surface area contributed by atoms with Gasteiger partial charge in [-0.25, -0.2) is 4.79 Å². The van der Waals surface area contributed by atoms with Crippen LogP contribution in [0, 0.1) is 0 Å². The van der Waals surface area contributed by atoms with Crippen LogP contribution in [0.4, 0.5) is 13.2 Å². The molecule has 0 unspecified atom stereocenters. The summed E-state index contributed by atoms with van der Waals surface area (Å²) < 4.78 is 40.9. The molecule has 0 fully saturated rings. The molecule has 0 saturated heterocycles. The van der Waals surface area contributed by atoms with E-state index in [0.717, 1.165) is 36.3 Å². The molecule has 1 aliphatic carbocycles. The number of aromatic carboxylic acids is 1. The fraction of sp³-hybridized carbons (Fsp3) is 0.263. The van der Waals surface area contributed by atoms with Crippen molar-refractivity contribution >= 4 is 51.9 Å². The van der Waals surface area contributed by atoms with Gasteiger partial charge in [0.1, 0.15) is 4.88 Å². The minimum Gasteiger partial charge on any atom is -0.477 e. The van der Waals surface area contributed by atoms with Crippen molar-refractivity contribution in [3.63, 3.8) is 0 Å². The number of thiophene rings is 1. The number of benzene rings is 1. The van der Waals surface area contributed by atoms with E-state index in [-0.39, 0.29) is 25.4 Å². The Morgan fingerprint density at radius 2 is 1.54 bits per heavy atom. The molecule has 3 rings (SSSR count). The summed E-state index contributed by atoms with van der Waals surface area (Å²) >= 11 is 12.3. The zero-order valence-corrected chi connectivity index (χ0v) is 16.5. The first-order valence-electron chi connectivity index (χ1n) is 8.25. The summed E-state index contributed by atoms with van der Waals surface area (Å²) in [7, 11) is 0. The second-order valence-corrected chi connectivity index (χ2v) is 8.20. The van der Waals surface area contributed by atoms with E-state index in [1.54, 1.807) is 0 Å². The predicted octanol–water partition coefficient (Wildman–Crippen LogP) is 6.46. The molecule has 1 aromatic heterocycles. The van der Waals surface area contributed by atoms with Crippen LogP contribution in [-0.4, -0.2) is 23.0 Å². The van der Waals surface area contributed by atoms with E-state index in [4.69, 9.17) is 23.2 Å². The average Bonchev–Trinajstić information content (AvgIpc) is 2.97. The summed E-state index contributed by atoms with van der Waals surface area (Å²) in [4.78, 5) is 24.3. The van der Waals surface area contributed by atoms with Crippen molar-refractivity contribution in [1.82, 2.24) is 0 Å². The molecular formula is C19H13Cl2F3O3S. The van der Waals surface area contributed by atoms with Crippen LogP contribution in [0.2, 0.25) is 10.0 Å². The monoisotopic (exact) mass is 448 g/mol. The maximum absolute atomic E-state index is 13.6. The second-order valence-electron chi connectivity index (χ2n) is 6.31. The highest BCUT2D eigenvalue weighted by Gasteiger charge is 2.36. The summed E-state index contributed by atoms with van der Waals surface area (Å²) in [5.74, 6) is -2.05. The maximum Gasteiger partial charge on any atom is 0.417 e. The topological polar surface area (TPSA) is 54.4 Å². The highest BCUT2D eigenvalue weighted by atomic mass is 35.5. The molecule has 2 aromatic rings. The molecule has 148 valence electrons. The number of hydrogen-bond acceptors (Lipinski definition) is 3. The van der Waals surface area contributed by atoms with E-state index in [2.05, 4.69) is 0 Å². The number of halogens is 5. The fourth-order valence-corrected chi connectivity index (χ4v) is 4.91. The second kappa shape index (κ2) is 7.89. The van der Waals surface area contributed by atoms with E-state index < -0.39 is 23.5 Å². The van der Waals surface area contributed by atoms with E-state index in [1.165, 1.54) is 6.07 Å². The highest BCUT2D eigenvalue weighted by Crippen LogP contribution is 2.39. The van der Waals surface area contributed by atoms with Crippen LogP contribution in [0.1, 0.15) is 48.9 Å². The Hall–Kier alpha value is -1.83. The first-order valence-corrected chi connectivity index (χ1v) is 9.82. The first-order chi connectivity index (χ1) is 13.1. The third kappa shape index (κ3) is 4.26. The molecule has 1 aromatic carbocycles. The molecule has 0 radical (unpaired) electrons. The van der Waals surface area contributed by atoms with Crippen molar-refractivity contribution in [3.8, 4) is 0 Å². The number of allylic oxidation sites excluding steroid dienone is 2. The van der Waals surface area contributed by atoms with E-state index >= 15 is 0 Å². The van der Waals surface area contributed by atoms with Crippen molar-refractivity contribution in [2.45, 2.75) is 31.9 Å². The number of carboxylic acid groups (broad SMARTS) is 1. The number of alkyl halides is 3. The van der Waals surface area contributed by atoms with Crippen LogP contribution in [0.5, 0.6) is 0 Å². The van der Waals surface area contributed by atoms with Gasteiger partial charge >= 0.3 is 12.1 Å². The Bertz CT molecular complexity index is 973. The lowest BCUT2D eigenvalue weighted by molar-refractivity contribution is -0.0689. The van der Waals surface area contributed by atoms with Crippen molar-refractivity contribution < 1.29 is 27.9 Å². The van der Waals surface area contributed by atoms with Crippen LogP contribution in [0.25, 0.3) is 5.57 Å². The normalized spacial score (nSPS) is 14.7. The molecule has 0 saturated carbocycles. The molecule has 1 aliphatic rings. The molecule has 0 aliphatic heterocycles. The molecule has 28 heavy (non-hydrogen) atoms. The van der Waals surface area contributed by atoms with Crippen molar-refractivity contribution in [1.29, 1.82) is 0 Å². The summed E-state index contributed by atoms with van der Waals surface area (Å²) in [6, 6.07) is 3.44.